The van der Waals surface area contributed by atoms with E-state index in [1.807, 2.05) is 0 Å². The highest BCUT2D eigenvalue weighted by Crippen LogP contribution is 2.26. The van der Waals surface area contributed by atoms with Crippen molar-refractivity contribution in [1.29, 1.82) is 0 Å². The first-order valence-corrected chi connectivity index (χ1v) is 4.69. The average Bonchev–Trinajstić information content (AvgIpc) is 2.51. The van der Waals surface area contributed by atoms with Crippen molar-refractivity contribution in [3.63, 3.8) is 0 Å². The Balaban J connectivity index is 2.44. The maximum Gasteiger partial charge on any atom is 0.228 e. The summed E-state index contributed by atoms with van der Waals surface area (Å²) in [6.45, 7) is 0.0681. The summed E-state index contributed by atoms with van der Waals surface area (Å²) < 4.78 is 39.2. The number of amides is 1. The van der Waals surface area contributed by atoms with Crippen LogP contribution in [0.4, 0.5) is 18.9 Å². The lowest BCUT2D eigenvalue weighted by atomic mass is 10.2. The third-order valence-electron chi connectivity index (χ3n) is 2.42. The molecule has 1 aliphatic rings. The fourth-order valence-corrected chi connectivity index (χ4v) is 1.71. The number of anilines is 1. The average molecular weight is 230 g/mol. The largest absolute Gasteiger partial charge is 0.326 e. The summed E-state index contributed by atoms with van der Waals surface area (Å²) in [4.78, 5) is 12.4. The van der Waals surface area contributed by atoms with Crippen LogP contribution in [0.2, 0.25) is 0 Å². The van der Waals surface area contributed by atoms with E-state index in [2.05, 4.69) is 0 Å². The third kappa shape index (κ3) is 1.76. The molecule has 1 fully saturated rings. The summed E-state index contributed by atoms with van der Waals surface area (Å²) in [5.41, 5.74) is 5.11. The molecule has 6 heteroatoms. The van der Waals surface area contributed by atoms with E-state index in [1.165, 1.54) is 0 Å². The summed E-state index contributed by atoms with van der Waals surface area (Å²) in [7, 11) is 0. The Labute approximate surface area is 89.6 Å². The molecule has 0 aliphatic carbocycles. The fourth-order valence-electron chi connectivity index (χ4n) is 1.71. The fraction of sp³-hybridized carbons (Fsp3) is 0.300. The molecule has 1 unspecified atom stereocenters. The second kappa shape index (κ2) is 3.79. The lowest BCUT2D eigenvalue weighted by Gasteiger charge is -2.17. The molecule has 86 valence electrons. The number of hydrogen-bond donors (Lipinski definition) is 1. The van der Waals surface area contributed by atoms with Gasteiger partial charge in [0.05, 0.1) is 5.69 Å². The number of halogens is 3. The number of nitrogens with zero attached hydrogens (tertiary/aromatic N) is 1. The Morgan fingerprint density at radius 3 is 2.56 bits per heavy atom. The maximum absolute atomic E-state index is 13.4. The molecular formula is C10H9F3N2O. The maximum atomic E-state index is 13.4. The summed E-state index contributed by atoms with van der Waals surface area (Å²) in [6, 6.07) is 0.784. The molecule has 0 spiro atoms. The highest BCUT2D eigenvalue weighted by molar-refractivity contribution is 5.96. The number of carbonyl (C=O) groups excluding carboxylic acids is 1. The van der Waals surface area contributed by atoms with Crippen LogP contribution in [0.3, 0.4) is 0 Å². The zero-order valence-corrected chi connectivity index (χ0v) is 8.21. The van der Waals surface area contributed by atoms with Gasteiger partial charge in [-0.25, -0.2) is 13.2 Å². The third-order valence-corrected chi connectivity index (χ3v) is 2.42. The predicted molar refractivity (Wildman–Crippen MR) is 51.3 cm³/mol. The van der Waals surface area contributed by atoms with Gasteiger partial charge in [-0.2, -0.15) is 0 Å². The van der Waals surface area contributed by atoms with Crippen LogP contribution in [0.15, 0.2) is 12.1 Å². The molecule has 0 saturated carbocycles. The van der Waals surface area contributed by atoms with Crippen LogP contribution in [0.25, 0.3) is 0 Å². The van der Waals surface area contributed by atoms with Gasteiger partial charge in [-0.1, -0.05) is 0 Å². The zero-order valence-electron chi connectivity index (χ0n) is 8.21. The van der Waals surface area contributed by atoms with E-state index in [0.717, 1.165) is 11.0 Å². The molecule has 0 bridgehead atoms. The van der Waals surface area contributed by atoms with Gasteiger partial charge < -0.3 is 10.6 Å². The van der Waals surface area contributed by atoms with Gasteiger partial charge in [0.1, 0.15) is 5.82 Å². The van der Waals surface area contributed by atoms with Gasteiger partial charge in [-0.15, -0.1) is 0 Å². The topological polar surface area (TPSA) is 46.3 Å². The summed E-state index contributed by atoms with van der Waals surface area (Å²) in [5.74, 6) is -3.91. The van der Waals surface area contributed by atoms with Gasteiger partial charge in [-0.05, 0) is 0 Å². The standard InChI is InChI=1S/C10H9F3N2O/c11-5-1-7(12)10(13)8(2-5)15-4-6(14)3-9(15)16/h1-2,6H,3-4,14H2. The molecular weight excluding hydrogens is 221 g/mol. The van der Waals surface area contributed by atoms with Crippen molar-refractivity contribution in [1.82, 2.24) is 0 Å². The highest BCUT2D eigenvalue weighted by atomic mass is 19.2. The van der Waals surface area contributed by atoms with Crippen LogP contribution in [-0.4, -0.2) is 18.5 Å². The predicted octanol–water partition coefficient (Wildman–Crippen LogP) is 1.17. The van der Waals surface area contributed by atoms with Crippen molar-refractivity contribution in [2.24, 2.45) is 5.73 Å². The van der Waals surface area contributed by atoms with Gasteiger partial charge >= 0.3 is 0 Å². The molecule has 1 atom stereocenters. The zero-order chi connectivity index (χ0) is 11.9. The number of hydrogen-bond acceptors (Lipinski definition) is 2. The van der Waals surface area contributed by atoms with E-state index in [4.69, 9.17) is 5.73 Å². The van der Waals surface area contributed by atoms with Gasteiger partial charge in [0.2, 0.25) is 5.91 Å². The Morgan fingerprint density at radius 2 is 2.00 bits per heavy atom. The van der Waals surface area contributed by atoms with Crippen LogP contribution in [0.5, 0.6) is 0 Å². The Bertz CT molecular complexity index is 450. The monoisotopic (exact) mass is 230 g/mol. The summed E-state index contributed by atoms with van der Waals surface area (Å²) in [6.07, 6.45) is 0.0531. The first kappa shape index (κ1) is 10.9. The van der Waals surface area contributed by atoms with Crippen molar-refractivity contribution in [3.8, 4) is 0 Å². The van der Waals surface area contributed by atoms with Gasteiger partial charge in [0.25, 0.3) is 0 Å². The molecule has 16 heavy (non-hydrogen) atoms. The molecule has 2 rings (SSSR count). The Kier molecular flexibility index (Phi) is 2.59. The Hall–Kier alpha value is -1.56. The van der Waals surface area contributed by atoms with E-state index < -0.39 is 35.1 Å². The van der Waals surface area contributed by atoms with Crippen LogP contribution in [-0.2, 0) is 4.79 Å². The molecule has 0 radical (unpaired) electrons. The van der Waals surface area contributed by atoms with Crippen molar-refractivity contribution in [3.05, 3.63) is 29.6 Å². The lowest BCUT2D eigenvalue weighted by Crippen LogP contribution is -2.29. The van der Waals surface area contributed by atoms with Crippen molar-refractivity contribution in [2.75, 3.05) is 11.4 Å². The van der Waals surface area contributed by atoms with Gasteiger partial charge in [0.15, 0.2) is 11.6 Å². The molecule has 1 aliphatic heterocycles. The smallest absolute Gasteiger partial charge is 0.228 e. The molecule has 1 aromatic carbocycles. The van der Waals surface area contributed by atoms with Crippen LogP contribution >= 0.6 is 0 Å². The number of rotatable bonds is 1. The number of carbonyl (C=O) groups is 1. The van der Waals surface area contributed by atoms with Crippen molar-refractivity contribution in [2.45, 2.75) is 12.5 Å². The first-order valence-electron chi connectivity index (χ1n) is 4.69. The summed E-state index contributed by atoms with van der Waals surface area (Å²) in [5, 5.41) is 0. The minimum Gasteiger partial charge on any atom is -0.326 e. The molecule has 1 saturated heterocycles. The lowest BCUT2D eigenvalue weighted by molar-refractivity contribution is -0.117. The number of nitrogens with two attached hydrogens (primary N) is 1. The highest BCUT2D eigenvalue weighted by Gasteiger charge is 2.31. The molecule has 2 N–H and O–H groups in total. The normalized spacial score (nSPS) is 20.6. The Morgan fingerprint density at radius 1 is 1.31 bits per heavy atom. The van der Waals surface area contributed by atoms with E-state index in [9.17, 15) is 18.0 Å². The first-order chi connectivity index (χ1) is 7.49. The number of benzene rings is 1. The molecule has 1 heterocycles. The second-order valence-electron chi connectivity index (χ2n) is 3.69. The molecule has 1 aromatic rings. The van der Waals surface area contributed by atoms with E-state index in [-0.39, 0.29) is 13.0 Å². The van der Waals surface area contributed by atoms with Gasteiger partial charge in [-0.3, -0.25) is 4.79 Å². The van der Waals surface area contributed by atoms with Crippen LogP contribution < -0.4 is 10.6 Å². The minimum atomic E-state index is -1.32. The quantitative estimate of drug-likeness (QED) is 0.736. The van der Waals surface area contributed by atoms with Gasteiger partial charge in [0, 0.05) is 31.1 Å². The van der Waals surface area contributed by atoms with E-state index in [1.54, 1.807) is 0 Å². The van der Waals surface area contributed by atoms with Crippen LogP contribution in [0.1, 0.15) is 6.42 Å². The van der Waals surface area contributed by atoms with E-state index in [0.29, 0.717) is 6.07 Å². The molecule has 1 amide bonds. The minimum absolute atomic E-state index is 0.0531. The van der Waals surface area contributed by atoms with Crippen molar-refractivity contribution >= 4 is 11.6 Å². The summed E-state index contributed by atoms with van der Waals surface area (Å²) >= 11 is 0. The second-order valence-corrected chi connectivity index (χ2v) is 3.69. The SMILES string of the molecule is NC1CC(=O)N(c2cc(F)cc(F)c2F)C1. The van der Waals surface area contributed by atoms with Crippen molar-refractivity contribution < 1.29 is 18.0 Å². The molecule has 3 nitrogen and oxygen atoms in total. The van der Waals surface area contributed by atoms with E-state index >= 15 is 0 Å². The molecule has 0 aromatic heterocycles. The van der Waals surface area contributed by atoms with Crippen LogP contribution in [0, 0.1) is 17.5 Å².